The molecule has 0 aliphatic heterocycles. The van der Waals surface area contributed by atoms with Crippen LogP contribution < -0.4 is 4.90 Å². The third-order valence-electron chi connectivity index (χ3n) is 4.42. The Bertz CT molecular complexity index is 922. The minimum Gasteiger partial charge on any atom is -0.411 e. The van der Waals surface area contributed by atoms with Crippen LogP contribution in [0, 0.1) is 5.82 Å². The molecule has 0 aliphatic carbocycles. The van der Waals surface area contributed by atoms with Gasteiger partial charge < -0.3 is 9.32 Å². The summed E-state index contributed by atoms with van der Waals surface area (Å²) in [4.78, 5) is 14.7. The van der Waals surface area contributed by atoms with Crippen molar-refractivity contribution >= 4 is 23.2 Å². The molecule has 1 atom stereocenters. The molecule has 0 bridgehead atoms. The highest BCUT2D eigenvalue weighted by Gasteiger charge is 2.20. The van der Waals surface area contributed by atoms with Crippen molar-refractivity contribution in [1.82, 2.24) is 10.2 Å². The van der Waals surface area contributed by atoms with E-state index < -0.39 is 5.25 Å². The number of carbonyl (C=O) groups excluding carboxylic acids is 1. The Morgan fingerprint density at radius 3 is 2.32 bits per heavy atom. The topological polar surface area (TPSA) is 59.2 Å². The molecule has 0 N–H and O–H groups in total. The van der Waals surface area contributed by atoms with E-state index in [0.717, 1.165) is 24.3 Å². The molecule has 0 spiro atoms. The summed E-state index contributed by atoms with van der Waals surface area (Å²) in [5.41, 5.74) is 2.42. The van der Waals surface area contributed by atoms with E-state index >= 15 is 0 Å². The predicted octanol–water partition coefficient (Wildman–Crippen LogP) is 5.09. The van der Waals surface area contributed by atoms with Crippen molar-refractivity contribution in [2.24, 2.45) is 0 Å². The van der Waals surface area contributed by atoms with E-state index in [9.17, 15) is 9.18 Å². The van der Waals surface area contributed by atoms with E-state index in [-0.39, 0.29) is 11.6 Å². The number of Topliss-reactive ketones (excluding diaryl/α,β-unsaturated/α-hetero) is 1. The molecule has 1 aromatic heterocycles. The Morgan fingerprint density at radius 1 is 1.07 bits per heavy atom. The number of anilines is 1. The molecule has 0 aliphatic rings. The molecule has 146 valence electrons. The van der Waals surface area contributed by atoms with Crippen molar-refractivity contribution in [2.75, 3.05) is 18.0 Å². The zero-order chi connectivity index (χ0) is 20.1. The quantitative estimate of drug-likeness (QED) is 0.389. The maximum Gasteiger partial charge on any atom is 0.277 e. The number of hydrogen-bond donors (Lipinski definition) is 0. The highest BCUT2D eigenvalue weighted by Crippen LogP contribution is 2.28. The molecule has 28 heavy (non-hydrogen) atoms. The molecule has 7 heteroatoms. The van der Waals surface area contributed by atoms with Crippen LogP contribution in [-0.4, -0.2) is 34.3 Å². The molecule has 0 saturated carbocycles. The van der Waals surface area contributed by atoms with Crippen LogP contribution in [0.25, 0.3) is 11.5 Å². The number of thioether (sulfide) groups is 1. The van der Waals surface area contributed by atoms with E-state index in [1.807, 2.05) is 24.3 Å². The largest absolute Gasteiger partial charge is 0.411 e. The number of nitrogens with zero attached hydrogens (tertiary/aromatic N) is 3. The number of hydrogen-bond acceptors (Lipinski definition) is 6. The van der Waals surface area contributed by atoms with Gasteiger partial charge in [0.1, 0.15) is 5.82 Å². The smallest absolute Gasteiger partial charge is 0.277 e. The maximum atomic E-state index is 13.0. The van der Waals surface area contributed by atoms with Crippen molar-refractivity contribution < 1.29 is 13.6 Å². The first-order valence-electron chi connectivity index (χ1n) is 9.17. The first kappa shape index (κ1) is 20.1. The fraction of sp³-hybridized carbons (Fsp3) is 0.286. The first-order chi connectivity index (χ1) is 13.5. The van der Waals surface area contributed by atoms with Gasteiger partial charge in [-0.1, -0.05) is 11.8 Å². The molecule has 1 heterocycles. The van der Waals surface area contributed by atoms with Gasteiger partial charge in [-0.25, -0.2) is 4.39 Å². The zero-order valence-electron chi connectivity index (χ0n) is 16.1. The summed E-state index contributed by atoms with van der Waals surface area (Å²) in [6.07, 6.45) is 0. The number of rotatable bonds is 8. The minimum absolute atomic E-state index is 0.117. The summed E-state index contributed by atoms with van der Waals surface area (Å²) < 4.78 is 18.7. The molecular weight excluding hydrogens is 377 g/mol. The van der Waals surface area contributed by atoms with E-state index in [4.69, 9.17) is 4.42 Å². The molecule has 0 fully saturated rings. The van der Waals surface area contributed by atoms with Crippen molar-refractivity contribution in [3.05, 3.63) is 59.9 Å². The van der Waals surface area contributed by atoms with Crippen molar-refractivity contribution in [1.29, 1.82) is 0 Å². The van der Waals surface area contributed by atoms with Gasteiger partial charge in [-0.05, 0) is 69.3 Å². The standard InChI is InChI=1S/C21H22FN3O2S/c1-4-25(5-2)18-12-8-16(9-13-18)20-23-24-21(27-20)28-14(3)19(26)15-6-10-17(22)11-7-15/h6-14H,4-5H2,1-3H3. The van der Waals surface area contributed by atoms with Gasteiger partial charge in [-0.2, -0.15) is 0 Å². The molecule has 3 rings (SSSR count). The summed E-state index contributed by atoms with van der Waals surface area (Å²) in [7, 11) is 0. The van der Waals surface area contributed by atoms with E-state index in [1.54, 1.807) is 6.92 Å². The Kier molecular flexibility index (Phi) is 6.46. The van der Waals surface area contributed by atoms with Gasteiger partial charge >= 0.3 is 0 Å². The van der Waals surface area contributed by atoms with E-state index in [0.29, 0.717) is 16.7 Å². The summed E-state index contributed by atoms with van der Waals surface area (Å²) >= 11 is 1.19. The Balaban J connectivity index is 1.68. The van der Waals surface area contributed by atoms with Gasteiger partial charge in [0.25, 0.3) is 5.22 Å². The lowest BCUT2D eigenvalue weighted by atomic mass is 10.1. The minimum atomic E-state index is -0.427. The molecule has 0 amide bonds. The first-order valence-corrected chi connectivity index (χ1v) is 10.0. The number of carbonyl (C=O) groups is 1. The van der Waals surface area contributed by atoms with Crippen LogP contribution in [0.4, 0.5) is 10.1 Å². The monoisotopic (exact) mass is 399 g/mol. The zero-order valence-corrected chi connectivity index (χ0v) is 16.9. The number of aromatic nitrogens is 2. The summed E-state index contributed by atoms with van der Waals surface area (Å²) in [5, 5.41) is 8.02. The van der Waals surface area contributed by atoms with Gasteiger partial charge in [-0.3, -0.25) is 4.79 Å². The van der Waals surface area contributed by atoms with Crippen molar-refractivity contribution in [3.63, 3.8) is 0 Å². The average Bonchev–Trinajstić information content (AvgIpc) is 3.18. The highest BCUT2D eigenvalue weighted by molar-refractivity contribution is 8.00. The number of benzene rings is 2. The predicted molar refractivity (Wildman–Crippen MR) is 109 cm³/mol. The molecule has 5 nitrogen and oxygen atoms in total. The highest BCUT2D eigenvalue weighted by atomic mass is 32.2. The van der Waals surface area contributed by atoms with Gasteiger partial charge in [-0.15, -0.1) is 10.2 Å². The lowest BCUT2D eigenvalue weighted by Crippen LogP contribution is -2.21. The second kappa shape index (κ2) is 9.01. The molecule has 1 unspecified atom stereocenters. The van der Waals surface area contributed by atoms with Gasteiger partial charge in [0.05, 0.1) is 5.25 Å². The number of ketones is 1. The number of halogens is 1. The Labute approximate surface area is 168 Å². The van der Waals surface area contributed by atoms with Crippen LogP contribution in [0.15, 0.2) is 58.2 Å². The van der Waals surface area contributed by atoms with Crippen LogP contribution in [0.3, 0.4) is 0 Å². The fourth-order valence-corrected chi connectivity index (χ4v) is 3.59. The lowest BCUT2D eigenvalue weighted by molar-refractivity contribution is 0.0993. The second-order valence-corrected chi connectivity index (χ2v) is 7.52. The summed E-state index contributed by atoms with van der Waals surface area (Å²) in [6.45, 7) is 7.88. The van der Waals surface area contributed by atoms with Crippen LogP contribution in [-0.2, 0) is 0 Å². The molecule has 0 saturated heterocycles. The van der Waals surface area contributed by atoms with Gasteiger partial charge in [0.15, 0.2) is 5.78 Å². The molecule has 3 aromatic rings. The molecule has 0 radical (unpaired) electrons. The lowest BCUT2D eigenvalue weighted by Gasteiger charge is -2.20. The Morgan fingerprint density at radius 2 is 1.71 bits per heavy atom. The van der Waals surface area contributed by atoms with Gasteiger partial charge in [0, 0.05) is 29.9 Å². The van der Waals surface area contributed by atoms with Crippen molar-refractivity contribution in [3.8, 4) is 11.5 Å². The van der Waals surface area contributed by atoms with E-state index in [2.05, 4.69) is 28.9 Å². The van der Waals surface area contributed by atoms with Crippen molar-refractivity contribution in [2.45, 2.75) is 31.2 Å². The van der Waals surface area contributed by atoms with Crippen LogP contribution >= 0.6 is 11.8 Å². The summed E-state index contributed by atoms with van der Waals surface area (Å²) in [6, 6.07) is 13.5. The van der Waals surface area contributed by atoms with Crippen LogP contribution in [0.2, 0.25) is 0 Å². The van der Waals surface area contributed by atoms with Crippen LogP contribution in [0.5, 0.6) is 0 Å². The second-order valence-electron chi connectivity index (χ2n) is 6.22. The van der Waals surface area contributed by atoms with Gasteiger partial charge in [0.2, 0.25) is 5.89 Å². The summed E-state index contributed by atoms with van der Waals surface area (Å²) in [5.74, 6) is -0.0752. The maximum absolute atomic E-state index is 13.0. The third-order valence-corrected chi connectivity index (χ3v) is 5.36. The van der Waals surface area contributed by atoms with E-state index in [1.165, 1.54) is 36.0 Å². The normalized spacial score (nSPS) is 12.0. The van der Waals surface area contributed by atoms with Crippen LogP contribution in [0.1, 0.15) is 31.1 Å². The Hall–Kier alpha value is -2.67. The fourth-order valence-electron chi connectivity index (χ4n) is 2.83. The third kappa shape index (κ3) is 4.59. The molecule has 2 aromatic carbocycles. The average molecular weight is 399 g/mol. The SMILES string of the molecule is CCN(CC)c1ccc(-c2nnc(SC(C)C(=O)c3ccc(F)cc3)o2)cc1. The molecular formula is C21H22FN3O2S.